The van der Waals surface area contributed by atoms with Gasteiger partial charge in [-0.3, -0.25) is 4.55 Å². The minimum absolute atomic E-state index is 0.0340. The number of carbonyl (C=O) groups is 1. The number of hydrogen-bond donors (Lipinski definition) is 4. The van der Waals surface area contributed by atoms with Gasteiger partial charge in [-0.25, -0.2) is 13.6 Å². The van der Waals surface area contributed by atoms with E-state index >= 15 is 22.4 Å². The molecular formula is C43H48F4O8S. The highest BCUT2D eigenvalue weighted by Crippen LogP contribution is 2.68. The molecule has 0 saturated heterocycles. The third kappa shape index (κ3) is 5.14. The second-order valence-corrected chi connectivity index (χ2v) is 22.5. The van der Waals surface area contributed by atoms with Gasteiger partial charge < -0.3 is 20.1 Å². The standard InChI is InChI=1S/C43H48F4O8S/c44-31-33(46)36(56(52,53)54)34(47)32(45)35(31)55-37(48)30-28(39-8-23-2-24(9-39)15-42(50,14-23)19-39)4-27(38-6-21-1-22(7-38)13-41(49,12-21)18-38)5-29(30)40-10-25-3-26(11-40)17-43(51,16-25)20-40/h4-5,21-26,49-51H,1-3,6-20H2,(H,52,53,54). The average Bonchev–Trinajstić information content (AvgIpc) is 3.05. The summed E-state index contributed by atoms with van der Waals surface area (Å²) in [5, 5.41) is 36.0. The zero-order valence-corrected chi connectivity index (χ0v) is 32.0. The maximum Gasteiger partial charge on any atom is 0.344 e. The van der Waals surface area contributed by atoms with Crippen LogP contribution in [-0.4, -0.2) is 51.1 Å². The van der Waals surface area contributed by atoms with E-state index in [1.807, 2.05) is 12.1 Å². The molecule has 0 aromatic heterocycles. The number of esters is 1. The van der Waals surface area contributed by atoms with Gasteiger partial charge in [-0.05, 0) is 184 Å². The number of carbonyl (C=O) groups excluding carboxylic acids is 1. The van der Waals surface area contributed by atoms with Crippen LogP contribution in [0, 0.1) is 58.8 Å². The van der Waals surface area contributed by atoms with E-state index in [-0.39, 0.29) is 29.2 Å². The molecule has 0 spiro atoms. The van der Waals surface area contributed by atoms with Gasteiger partial charge in [0, 0.05) is 0 Å². The fraction of sp³-hybridized carbons (Fsp3) is 0.698. The Kier molecular flexibility index (Phi) is 7.28. The van der Waals surface area contributed by atoms with Crippen LogP contribution < -0.4 is 4.74 Å². The largest absolute Gasteiger partial charge is 0.416 e. The molecule has 4 N–H and O–H groups in total. The van der Waals surface area contributed by atoms with Crippen LogP contribution in [0.5, 0.6) is 5.75 Å². The molecule has 56 heavy (non-hydrogen) atoms. The Morgan fingerprint density at radius 1 is 0.571 bits per heavy atom. The van der Waals surface area contributed by atoms with E-state index in [1.165, 1.54) is 0 Å². The Hall–Kier alpha value is -2.58. The van der Waals surface area contributed by atoms with Crippen molar-refractivity contribution in [3.8, 4) is 5.75 Å². The summed E-state index contributed by atoms with van der Waals surface area (Å²) in [4.78, 5) is 12.9. The SMILES string of the molecule is O=C(Oc1c(F)c(F)c(S(=O)(=O)O)c(F)c1F)c1c(C23CC4CC(CC(O)(C4)C2)C3)cc(C23CC4CC(CC(O)(C4)C2)C3)cc1C12CC3CC(CC(O)(C3)C1)C2. The van der Waals surface area contributed by atoms with Crippen molar-refractivity contribution in [3.05, 3.63) is 57.7 Å². The zero-order valence-electron chi connectivity index (χ0n) is 31.2. The van der Waals surface area contributed by atoms with Crippen molar-refractivity contribution in [2.24, 2.45) is 35.5 Å². The Morgan fingerprint density at radius 2 is 0.911 bits per heavy atom. The predicted octanol–water partition coefficient (Wildman–Crippen LogP) is 7.46. The molecule has 302 valence electrons. The van der Waals surface area contributed by atoms with Crippen molar-refractivity contribution in [1.82, 2.24) is 0 Å². The first kappa shape index (κ1) is 36.5. The van der Waals surface area contributed by atoms with E-state index in [4.69, 9.17) is 4.74 Å². The van der Waals surface area contributed by atoms with E-state index in [9.17, 15) is 28.3 Å². The van der Waals surface area contributed by atoms with Gasteiger partial charge in [-0.1, -0.05) is 12.1 Å². The average molecular weight is 801 g/mol. The molecule has 6 atom stereocenters. The van der Waals surface area contributed by atoms with Crippen molar-refractivity contribution in [2.45, 2.75) is 154 Å². The van der Waals surface area contributed by atoms with Crippen LogP contribution in [0.4, 0.5) is 17.6 Å². The lowest BCUT2D eigenvalue weighted by molar-refractivity contribution is -0.139. The van der Waals surface area contributed by atoms with Crippen molar-refractivity contribution < 1.29 is 55.4 Å². The van der Waals surface area contributed by atoms with Gasteiger partial charge in [0.15, 0.2) is 16.5 Å². The summed E-state index contributed by atoms with van der Waals surface area (Å²) in [5.41, 5.74) is -2.46. The van der Waals surface area contributed by atoms with Crippen LogP contribution in [-0.2, 0) is 26.4 Å². The van der Waals surface area contributed by atoms with Crippen molar-refractivity contribution in [1.29, 1.82) is 0 Å². The highest BCUT2D eigenvalue weighted by atomic mass is 32.2. The molecule has 2 aromatic carbocycles. The third-order valence-corrected chi connectivity index (χ3v) is 17.7. The Bertz CT molecular complexity index is 2100. The number of hydrogen-bond acceptors (Lipinski definition) is 7. The van der Waals surface area contributed by atoms with E-state index in [2.05, 4.69) is 0 Å². The van der Waals surface area contributed by atoms with Gasteiger partial charge in [0.05, 0.1) is 22.4 Å². The smallest absolute Gasteiger partial charge is 0.344 e. The van der Waals surface area contributed by atoms with Gasteiger partial charge in [0.1, 0.15) is 0 Å². The number of rotatable bonds is 6. The first-order valence-electron chi connectivity index (χ1n) is 20.6. The van der Waals surface area contributed by atoms with E-state index in [1.54, 1.807) is 0 Å². The van der Waals surface area contributed by atoms with Crippen LogP contribution in [0.3, 0.4) is 0 Å². The molecule has 2 aromatic rings. The highest BCUT2D eigenvalue weighted by molar-refractivity contribution is 7.85. The van der Waals surface area contributed by atoms with Crippen molar-refractivity contribution in [3.63, 3.8) is 0 Å². The van der Waals surface area contributed by atoms with E-state index in [0.717, 1.165) is 50.5 Å². The second kappa shape index (κ2) is 11.2. The van der Waals surface area contributed by atoms with E-state index < -0.39 is 83.0 Å². The van der Waals surface area contributed by atoms with Crippen molar-refractivity contribution in [2.75, 3.05) is 0 Å². The molecule has 12 saturated carbocycles. The van der Waals surface area contributed by atoms with Gasteiger partial charge in [0.25, 0.3) is 0 Å². The molecule has 0 amide bonds. The summed E-state index contributed by atoms with van der Waals surface area (Å²) < 4.78 is 99.9. The molecule has 0 heterocycles. The molecule has 12 aliphatic rings. The third-order valence-electron chi connectivity index (χ3n) is 16.8. The Morgan fingerprint density at radius 3 is 1.25 bits per heavy atom. The lowest BCUT2D eigenvalue weighted by Gasteiger charge is -2.63. The van der Waals surface area contributed by atoms with Gasteiger partial charge in [-0.15, -0.1) is 0 Å². The topological polar surface area (TPSA) is 141 Å². The maximum atomic E-state index is 15.6. The van der Waals surface area contributed by atoms with Crippen LogP contribution in [0.1, 0.15) is 143 Å². The molecule has 12 aliphatic carbocycles. The molecule has 14 rings (SSSR count). The summed E-state index contributed by atoms with van der Waals surface area (Å²) in [7, 11) is -5.75. The highest BCUT2D eigenvalue weighted by Gasteiger charge is 2.63. The first-order chi connectivity index (χ1) is 26.2. The minimum Gasteiger partial charge on any atom is -0.416 e. The summed E-state index contributed by atoms with van der Waals surface area (Å²) in [6.45, 7) is 0. The molecule has 0 radical (unpaired) electrons. The summed E-state index contributed by atoms with van der Waals surface area (Å²) in [5.74, 6) is -11.1. The molecule has 8 nitrogen and oxygen atoms in total. The van der Waals surface area contributed by atoms with Crippen LogP contribution in [0.25, 0.3) is 0 Å². The molecular weight excluding hydrogens is 753 g/mol. The van der Waals surface area contributed by atoms with Gasteiger partial charge in [-0.2, -0.15) is 17.2 Å². The number of ether oxygens (including phenoxy) is 1. The fourth-order valence-electron chi connectivity index (χ4n) is 16.7. The molecule has 12 fully saturated rings. The monoisotopic (exact) mass is 800 g/mol. The normalized spacial score (nSPS) is 45.2. The summed E-state index contributed by atoms with van der Waals surface area (Å²) in [6, 6.07) is 4.08. The Balaban J connectivity index is 1.16. The molecule has 13 heteroatoms. The van der Waals surface area contributed by atoms with Crippen LogP contribution >= 0.6 is 0 Å². The molecule has 6 unspecified atom stereocenters. The predicted molar refractivity (Wildman–Crippen MR) is 191 cm³/mol. The van der Waals surface area contributed by atoms with Crippen LogP contribution in [0.15, 0.2) is 17.0 Å². The number of aliphatic hydroxyl groups is 3. The summed E-state index contributed by atoms with van der Waals surface area (Å²) >= 11 is 0. The zero-order chi connectivity index (χ0) is 39.2. The fourth-order valence-corrected chi connectivity index (χ4v) is 17.3. The second-order valence-electron chi connectivity index (χ2n) is 21.1. The molecule has 0 aliphatic heterocycles. The maximum absolute atomic E-state index is 15.6. The van der Waals surface area contributed by atoms with E-state index in [0.29, 0.717) is 93.6 Å². The van der Waals surface area contributed by atoms with Gasteiger partial charge >= 0.3 is 16.1 Å². The van der Waals surface area contributed by atoms with Crippen LogP contribution in [0.2, 0.25) is 0 Å². The quantitative estimate of drug-likeness (QED) is 0.0777. The number of halogens is 4. The van der Waals surface area contributed by atoms with Gasteiger partial charge in [0.2, 0.25) is 17.4 Å². The number of benzene rings is 2. The molecule has 12 bridgehead atoms. The Labute approximate surface area is 323 Å². The lowest BCUT2D eigenvalue weighted by Crippen LogP contribution is -2.59. The lowest BCUT2D eigenvalue weighted by atomic mass is 9.43. The summed E-state index contributed by atoms with van der Waals surface area (Å²) in [6.07, 6.45) is 12.6. The first-order valence-corrected chi connectivity index (χ1v) is 22.1. The minimum atomic E-state index is -5.75. The van der Waals surface area contributed by atoms with Crippen molar-refractivity contribution >= 4 is 16.1 Å².